The lowest BCUT2D eigenvalue weighted by Gasteiger charge is -2.21. The molecule has 1 aliphatic heterocycles. The third-order valence-corrected chi connectivity index (χ3v) is 4.87. The first kappa shape index (κ1) is 14.8. The van der Waals surface area contributed by atoms with Crippen LogP contribution in [0.25, 0.3) is 0 Å². The molecule has 1 aliphatic rings. The Kier molecular flexibility index (Phi) is 3.17. The minimum Gasteiger partial charge on any atom is -0.305 e. The van der Waals surface area contributed by atoms with Crippen LogP contribution in [-0.4, -0.2) is 15.7 Å². The second-order valence-electron chi connectivity index (χ2n) is 6.82. The van der Waals surface area contributed by atoms with Crippen molar-refractivity contribution in [3.63, 3.8) is 0 Å². The van der Waals surface area contributed by atoms with Gasteiger partial charge in [-0.25, -0.2) is 0 Å². The van der Waals surface area contributed by atoms with E-state index in [0.29, 0.717) is 6.54 Å². The minimum atomic E-state index is -0.468. The van der Waals surface area contributed by atoms with Crippen LogP contribution in [0.15, 0.2) is 18.2 Å². The highest BCUT2D eigenvalue weighted by molar-refractivity contribution is 6.07. The summed E-state index contributed by atoms with van der Waals surface area (Å²) in [6, 6.07) is 6.28. The van der Waals surface area contributed by atoms with E-state index in [1.807, 2.05) is 37.4 Å². The topological polar surface area (TPSA) is 38.1 Å². The fraction of sp³-hybridized carbons (Fsp3) is 0.444. The van der Waals surface area contributed by atoms with Gasteiger partial charge in [-0.1, -0.05) is 12.1 Å². The van der Waals surface area contributed by atoms with E-state index in [2.05, 4.69) is 37.1 Å². The molecule has 0 fully saturated rings. The zero-order valence-corrected chi connectivity index (χ0v) is 14.2. The molecular formula is C18H23N3O. The smallest absolute Gasteiger partial charge is 0.237 e. The highest BCUT2D eigenvalue weighted by atomic mass is 16.2. The highest BCUT2D eigenvalue weighted by Crippen LogP contribution is 2.42. The predicted molar refractivity (Wildman–Crippen MR) is 88.1 cm³/mol. The van der Waals surface area contributed by atoms with E-state index >= 15 is 0 Å². The Morgan fingerprint density at radius 1 is 1.18 bits per heavy atom. The molecule has 0 unspecified atom stereocenters. The van der Waals surface area contributed by atoms with Crippen LogP contribution in [0.1, 0.15) is 41.9 Å². The molecule has 1 aromatic carbocycles. The van der Waals surface area contributed by atoms with Crippen molar-refractivity contribution in [3.8, 4) is 0 Å². The Hall–Kier alpha value is -2.10. The predicted octanol–water partition coefficient (Wildman–Crippen LogP) is 3.17. The third-order valence-electron chi connectivity index (χ3n) is 4.87. The number of nitrogens with zero attached hydrogens (tertiary/aromatic N) is 3. The van der Waals surface area contributed by atoms with Gasteiger partial charge in [-0.2, -0.15) is 5.10 Å². The number of aryl methyl sites for hydroxylation is 3. The van der Waals surface area contributed by atoms with Gasteiger partial charge < -0.3 is 4.90 Å². The molecule has 0 bridgehead atoms. The Labute approximate surface area is 131 Å². The van der Waals surface area contributed by atoms with Crippen LogP contribution in [0.5, 0.6) is 0 Å². The molecule has 1 aromatic heterocycles. The summed E-state index contributed by atoms with van der Waals surface area (Å²) in [7, 11) is 1.94. The second-order valence-corrected chi connectivity index (χ2v) is 6.82. The number of anilines is 1. The molecule has 2 aromatic rings. The molecule has 0 spiro atoms. The molecule has 1 amide bonds. The van der Waals surface area contributed by atoms with E-state index in [9.17, 15) is 4.79 Å². The first-order valence-corrected chi connectivity index (χ1v) is 7.65. The van der Waals surface area contributed by atoms with Gasteiger partial charge in [-0.3, -0.25) is 9.48 Å². The molecule has 4 nitrogen and oxygen atoms in total. The van der Waals surface area contributed by atoms with Gasteiger partial charge in [0.25, 0.3) is 0 Å². The number of benzene rings is 1. The zero-order chi connectivity index (χ0) is 16.2. The van der Waals surface area contributed by atoms with Crippen LogP contribution in [0, 0.1) is 20.8 Å². The minimum absolute atomic E-state index is 0.159. The maximum atomic E-state index is 12.9. The molecule has 0 N–H and O–H groups in total. The van der Waals surface area contributed by atoms with Crippen molar-refractivity contribution in [2.24, 2.45) is 7.05 Å². The number of carbonyl (C=O) groups excluding carboxylic acids is 1. The van der Waals surface area contributed by atoms with Crippen molar-refractivity contribution >= 4 is 11.6 Å². The van der Waals surface area contributed by atoms with Crippen molar-refractivity contribution < 1.29 is 4.79 Å². The van der Waals surface area contributed by atoms with Crippen LogP contribution >= 0.6 is 0 Å². The number of hydrogen-bond acceptors (Lipinski definition) is 2. The lowest BCUT2D eigenvalue weighted by atomic mass is 9.86. The van der Waals surface area contributed by atoms with E-state index in [-0.39, 0.29) is 5.91 Å². The number of amides is 1. The first-order chi connectivity index (χ1) is 10.2. The zero-order valence-electron chi connectivity index (χ0n) is 14.2. The molecule has 0 saturated carbocycles. The van der Waals surface area contributed by atoms with Crippen molar-refractivity contribution in [3.05, 3.63) is 46.3 Å². The summed E-state index contributed by atoms with van der Waals surface area (Å²) >= 11 is 0. The molecule has 0 saturated heterocycles. The molecule has 0 aliphatic carbocycles. The van der Waals surface area contributed by atoms with Gasteiger partial charge in [0, 0.05) is 12.7 Å². The molecule has 3 rings (SSSR count). The molecule has 116 valence electrons. The van der Waals surface area contributed by atoms with Crippen LogP contribution in [0.4, 0.5) is 5.69 Å². The van der Waals surface area contributed by atoms with Gasteiger partial charge in [-0.05, 0) is 57.4 Å². The maximum Gasteiger partial charge on any atom is 0.237 e. The molecular weight excluding hydrogens is 274 g/mol. The summed E-state index contributed by atoms with van der Waals surface area (Å²) in [5.41, 5.74) is 6.13. The van der Waals surface area contributed by atoms with E-state index in [4.69, 9.17) is 0 Å². The van der Waals surface area contributed by atoms with Gasteiger partial charge in [0.1, 0.15) is 0 Å². The van der Waals surface area contributed by atoms with Gasteiger partial charge in [0.05, 0.1) is 23.3 Å². The van der Waals surface area contributed by atoms with Crippen LogP contribution in [0.3, 0.4) is 0 Å². The average Bonchev–Trinajstić information content (AvgIpc) is 2.78. The van der Waals surface area contributed by atoms with Gasteiger partial charge in [-0.15, -0.1) is 0 Å². The summed E-state index contributed by atoms with van der Waals surface area (Å²) in [4.78, 5) is 14.8. The van der Waals surface area contributed by atoms with Gasteiger partial charge in [0.2, 0.25) is 5.91 Å². The van der Waals surface area contributed by atoms with Crippen LogP contribution < -0.4 is 4.90 Å². The monoisotopic (exact) mass is 297 g/mol. The van der Waals surface area contributed by atoms with Crippen LogP contribution in [0.2, 0.25) is 0 Å². The second kappa shape index (κ2) is 4.70. The Morgan fingerprint density at radius 2 is 1.86 bits per heavy atom. The standard InChI is InChI=1S/C18H23N3O/c1-11-7-8-14-15(9-11)21(17(22)18(14,4)5)10-16-12(2)13(3)19-20(16)6/h7-9H,10H2,1-6H3. The largest absolute Gasteiger partial charge is 0.305 e. The number of fused-ring (bicyclic) bond motifs is 1. The summed E-state index contributed by atoms with van der Waals surface area (Å²) in [6.45, 7) is 10.7. The summed E-state index contributed by atoms with van der Waals surface area (Å²) in [5, 5.41) is 4.47. The third kappa shape index (κ3) is 1.97. The number of hydrogen-bond donors (Lipinski definition) is 0. The van der Waals surface area contributed by atoms with Gasteiger partial charge >= 0.3 is 0 Å². The first-order valence-electron chi connectivity index (χ1n) is 7.65. The molecule has 0 radical (unpaired) electrons. The number of aromatic nitrogens is 2. The number of carbonyl (C=O) groups is 1. The van der Waals surface area contributed by atoms with E-state index < -0.39 is 5.41 Å². The Morgan fingerprint density at radius 3 is 2.45 bits per heavy atom. The highest BCUT2D eigenvalue weighted by Gasteiger charge is 2.44. The van der Waals surface area contributed by atoms with Crippen molar-refractivity contribution in [1.29, 1.82) is 0 Å². The van der Waals surface area contributed by atoms with E-state index in [1.54, 1.807) is 0 Å². The molecule has 22 heavy (non-hydrogen) atoms. The van der Waals surface area contributed by atoms with E-state index in [1.165, 1.54) is 5.56 Å². The summed E-state index contributed by atoms with van der Waals surface area (Å²) < 4.78 is 1.89. The van der Waals surface area contributed by atoms with E-state index in [0.717, 1.165) is 28.2 Å². The maximum absolute atomic E-state index is 12.9. The fourth-order valence-corrected chi connectivity index (χ4v) is 3.30. The van der Waals surface area contributed by atoms with Crippen molar-refractivity contribution in [2.45, 2.75) is 46.6 Å². The quantitative estimate of drug-likeness (QED) is 0.854. The summed E-state index contributed by atoms with van der Waals surface area (Å²) in [6.07, 6.45) is 0. The lowest BCUT2D eigenvalue weighted by Crippen LogP contribution is -2.36. The van der Waals surface area contributed by atoms with Crippen molar-refractivity contribution in [1.82, 2.24) is 9.78 Å². The Balaban J connectivity index is 2.09. The van der Waals surface area contributed by atoms with Gasteiger partial charge in [0.15, 0.2) is 0 Å². The fourth-order valence-electron chi connectivity index (χ4n) is 3.30. The van der Waals surface area contributed by atoms with Crippen molar-refractivity contribution in [2.75, 3.05) is 4.90 Å². The SMILES string of the molecule is Cc1ccc2c(c1)N(Cc1c(C)c(C)nn1C)C(=O)C2(C)C. The summed E-state index contributed by atoms with van der Waals surface area (Å²) in [5.74, 6) is 0.159. The van der Waals surface area contributed by atoms with Crippen LogP contribution in [-0.2, 0) is 23.8 Å². The normalized spacial score (nSPS) is 16.3. The Bertz CT molecular complexity index is 771. The molecule has 0 atom stereocenters. The average molecular weight is 297 g/mol. The molecule has 4 heteroatoms. The number of rotatable bonds is 2. The molecule has 2 heterocycles. The lowest BCUT2D eigenvalue weighted by molar-refractivity contribution is -0.122.